The molecule has 2 aliphatic rings. The van der Waals surface area contributed by atoms with Crippen LogP contribution in [0.5, 0.6) is 0 Å². The second-order valence-electron chi connectivity index (χ2n) is 6.15. The van der Waals surface area contributed by atoms with E-state index in [2.05, 4.69) is 0 Å². The molecule has 4 atom stereocenters. The van der Waals surface area contributed by atoms with E-state index in [0.29, 0.717) is 5.56 Å². The predicted molar refractivity (Wildman–Crippen MR) is 83.6 cm³/mol. The van der Waals surface area contributed by atoms with Crippen LogP contribution in [-0.4, -0.2) is 65.5 Å². The average molecular weight is 332 g/mol. The van der Waals surface area contributed by atoms with Crippen molar-refractivity contribution in [2.45, 2.75) is 24.5 Å². The Bertz CT molecular complexity index is 662. The highest BCUT2D eigenvalue weighted by atomic mass is 16.5. The minimum absolute atomic E-state index is 0.252. The molecule has 128 valence electrons. The number of carbonyl (C=O) groups is 3. The molecule has 1 aromatic carbocycles. The van der Waals surface area contributed by atoms with Crippen LogP contribution in [0.25, 0.3) is 0 Å². The van der Waals surface area contributed by atoms with Crippen LogP contribution in [0.2, 0.25) is 0 Å². The second kappa shape index (κ2) is 6.33. The molecule has 0 unspecified atom stereocenters. The van der Waals surface area contributed by atoms with Gasteiger partial charge in [-0.2, -0.15) is 0 Å². The number of hydrogen-bond acceptors (Lipinski definition) is 6. The third-order valence-electron chi connectivity index (χ3n) is 4.97. The van der Waals surface area contributed by atoms with Crippen molar-refractivity contribution in [2.24, 2.45) is 5.92 Å². The molecule has 7 nitrogen and oxygen atoms in total. The molecule has 3 rings (SSSR count). The highest BCUT2D eigenvalue weighted by Crippen LogP contribution is 2.39. The van der Waals surface area contributed by atoms with Gasteiger partial charge in [-0.1, -0.05) is 30.3 Å². The number of piperazine rings is 1. The van der Waals surface area contributed by atoms with E-state index in [9.17, 15) is 19.5 Å². The Balaban J connectivity index is 1.98. The number of esters is 1. The van der Waals surface area contributed by atoms with Gasteiger partial charge in [-0.3, -0.25) is 24.2 Å². The number of hydrogen-bond donors (Lipinski definition) is 1. The van der Waals surface area contributed by atoms with E-state index < -0.39 is 35.9 Å². The lowest BCUT2D eigenvalue weighted by atomic mass is 9.99. The molecule has 0 aromatic heterocycles. The average Bonchev–Trinajstić information content (AvgIpc) is 2.89. The Labute approximate surface area is 139 Å². The number of ether oxygens (including phenoxy) is 1. The minimum Gasteiger partial charge on any atom is -0.469 e. The van der Waals surface area contributed by atoms with Gasteiger partial charge in [0.1, 0.15) is 6.04 Å². The fourth-order valence-electron chi connectivity index (χ4n) is 3.74. The van der Waals surface area contributed by atoms with Crippen LogP contribution in [0, 0.1) is 5.92 Å². The third kappa shape index (κ3) is 2.40. The summed E-state index contributed by atoms with van der Waals surface area (Å²) in [4.78, 5) is 40.5. The lowest BCUT2D eigenvalue weighted by Gasteiger charge is -2.40. The normalized spacial score (nSPS) is 28.1. The van der Waals surface area contributed by atoms with Crippen molar-refractivity contribution >= 4 is 17.8 Å². The first kappa shape index (κ1) is 16.6. The smallest absolute Gasteiger partial charge is 0.310 e. The summed E-state index contributed by atoms with van der Waals surface area (Å²) in [5, 5.41) is 9.80. The van der Waals surface area contributed by atoms with E-state index in [1.807, 2.05) is 6.07 Å². The van der Waals surface area contributed by atoms with Crippen LogP contribution in [0.15, 0.2) is 30.3 Å². The van der Waals surface area contributed by atoms with Gasteiger partial charge in [0, 0.05) is 0 Å². The molecule has 24 heavy (non-hydrogen) atoms. The van der Waals surface area contributed by atoms with Crippen LogP contribution in [-0.2, 0) is 19.1 Å². The Morgan fingerprint density at radius 3 is 2.54 bits per heavy atom. The summed E-state index contributed by atoms with van der Waals surface area (Å²) in [5.41, 5.74) is 0.681. The maximum atomic E-state index is 13.0. The number of benzene rings is 1. The maximum Gasteiger partial charge on any atom is 0.310 e. The Morgan fingerprint density at radius 1 is 1.29 bits per heavy atom. The van der Waals surface area contributed by atoms with E-state index in [0.717, 1.165) is 4.90 Å². The number of fused-ring (bicyclic) bond motifs is 2. The fraction of sp³-hybridized carbons (Fsp3) is 0.471. The third-order valence-corrected chi connectivity index (χ3v) is 4.97. The maximum absolute atomic E-state index is 13.0. The van der Waals surface area contributed by atoms with Gasteiger partial charge in [0.15, 0.2) is 0 Å². The van der Waals surface area contributed by atoms with Gasteiger partial charge in [-0.05, 0) is 19.0 Å². The van der Waals surface area contributed by atoms with E-state index in [1.54, 1.807) is 36.2 Å². The SMILES string of the molecule is COC(=O)[C@@H]1C[C@@H]2C(=O)N([C@@H](CO)c3ccccc3)C(=O)[C@H]1N2C. The number of likely N-dealkylation sites (N-methyl/N-ethyl adjacent to an activating group) is 1. The summed E-state index contributed by atoms with van der Waals surface area (Å²) in [5.74, 6) is -2.00. The van der Waals surface area contributed by atoms with Crippen molar-refractivity contribution in [3.8, 4) is 0 Å². The molecular formula is C17H20N2O5. The van der Waals surface area contributed by atoms with Crippen molar-refractivity contribution in [3.63, 3.8) is 0 Å². The molecular weight excluding hydrogens is 312 g/mol. The molecule has 0 saturated carbocycles. The standard InChI is InChI=1S/C17H20N2O5/c1-18-12-8-11(17(23)24-2)14(18)16(22)19(15(12)21)13(9-20)10-6-4-3-5-7-10/h3-7,11-14,20H,8-9H2,1-2H3/t11-,12-,13+,14+/m1/s1. The molecule has 0 radical (unpaired) electrons. The molecule has 0 spiro atoms. The van der Waals surface area contributed by atoms with Crippen molar-refractivity contribution in [1.82, 2.24) is 9.80 Å². The highest BCUT2D eigenvalue weighted by molar-refractivity contribution is 6.06. The molecule has 2 saturated heterocycles. The van der Waals surface area contributed by atoms with Crippen LogP contribution >= 0.6 is 0 Å². The number of amides is 2. The van der Waals surface area contributed by atoms with Crippen LogP contribution in [0.1, 0.15) is 18.0 Å². The number of likely N-dealkylation sites (tertiary alicyclic amines) is 1. The van der Waals surface area contributed by atoms with Gasteiger partial charge in [0.25, 0.3) is 0 Å². The zero-order chi connectivity index (χ0) is 17.4. The van der Waals surface area contributed by atoms with Gasteiger partial charge in [-0.25, -0.2) is 0 Å². The monoisotopic (exact) mass is 332 g/mol. The van der Waals surface area contributed by atoms with Crippen LogP contribution in [0.4, 0.5) is 0 Å². The lowest BCUT2D eigenvalue weighted by molar-refractivity contribution is -0.163. The largest absolute Gasteiger partial charge is 0.469 e. The van der Waals surface area contributed by atoms with Gasteiger partial charge < -0.3 is 9.84 Å². The first-order valence-electron chi connectivity index (χ1n) is 7.83. The Hall–Kier alpha value is -2.25. The van der Waals surface area contributed by atoms with Crippen molar-refractivity contribution in [1.29, 1.82) is 0 Å². The van der Waals surface area contributed by atoms with Gasteiger partial charge >= 0.3 is 5.97 Å². The van der Waals surface area contributed by atoms with E-state index in [4.69, 9.17) is 4.74 Å². The molecule has 7 heteroatoms. The van der Waals surface area contributed by atoms with E-state index in [-0.39, 0.29) is 18.9 Å². The highest BCUT2D eigenvalue weighted by Gasteiger charge is 2.58. The van der Waals surface area contributed by atoms with E-state index >= 15 is 0 Å². The van der Waals surface area contributed by atoms with Crippen molar-refractivity contribution < 1.29 is 24.2 Å². The first-order valence-corrected chi connectivity index (χ1v) is 7.83. The Morgan fingerprint density at radius 2 is 1.96 bits per heavy atom. The fourth-order valence-corrected chi connectivity index (χ4v) is 3.74. The number of carbonyl (C=O) groups excluding carboxylic acids is 3. The molecule has 2 bridgehead atoms. The van der Waals surface area contributed by atoms with E-state index in [1.165, 1.54) is 7.11 Å². The van der Waals surface area contributed by atoms with Gasteiger partial charge in [0.2, 0.25) is 11.8 Å². The minimum atomic E-state index is -0.749. The van der Waals surface area contributed by atoms with Gasteiger partial charge in [0.05, 0.1) is 31.7 Å². The number of methoxy groups -OCH3 is 1. The molecule has 1 aromatic rings. The summed E-state index contributed by atoms with van der Waals surface area (Å²) in [7, 11) is 2.94. The number of nitrogens with zero attached hydrogens (tertiary/aromatic N) is 2. The Kier molecular flexibility index (Phi) is 4.38. The lowest BCUT2D eigenvalue weighted by Crippen LogP contribution is -2.61. The van der Waals surface area contributed by atoms with Crippen molar-refractivity contribution in [3.05, 3.63) is 35.9 Å². The molecule has 1 N–H and O–H groups in total. The number of aliphatic hydroxyl groups excluding tert-OH is 1. The first-order chi connectivity index (χ1) is 11.5. The summed E-state index contributed by atoms with van der Waals surface area (Å²) < 4.78 is 4.78. The summed E-state index contributed by atoms with van der Waals surface area (Å²) in [6.07, 6.45) is 0.252. The number of rotatable bonds is 4. The summed E-state index contributed by atoms with van der Waals surface area (Å²) in [6, 6.07) is 6.87. The molecule has 2 fully saturated rings. The topological polar surface area (TPSA) is 87.1 Å². The predicted octanol–water partition coefficient (Wildman–Crippen LogP) is -0.0493. The second-order valence-corrected chi connectivity index (χ2v) is 6.15. The van der Waals surface area contributed by atoms with Crippen LogP contribution < -0.4 is 0 Å². The quantitative estimate of drug-likeness (QED) is 0.614. The zero-order valence-corrected chi connectivity index (χ0v) is 13.6. The molecule has 2 heterocycles. The summed E-state index contributed by atoms with van der Waals surface area (Å²) in [6.45, 7) is -0.368. The van der Waals surface area contributed by atoms with Crippen molar-refractivity contribution in [2.75, 3.05) is 20.8 Å². The molecule has 0 aliphatic carbocycles. The summed E-state index contributed by atoms with van der Waals surface area (Å²) >= 11 is 0. The number of imide groups is 1. The van der Waals surface area contributed by atoms with Gasteiger partial charge in [-0.15, -0.1) is 0 Å². The zero-order valence-electron chi connectivity index (χ0n) is 13.6. The molecule has 2 amide bonds. The number of aliphatic hydroxyl groups is 1. The van der Waals surface area contributed by atoms with Crippen LogP contribution in [0.3, 0.4) is 0 Å². The molecule has 2 aliphatic heterocycles.